The molecule has 0 saturated heterocycles. The second kappa shape index (κ2) is 6.89. The van der Waals surface area contributed by atoms with Gasteiger partial charge >= 0.3 is 0 Å². The van der Waals surface area contributed by atoms with E-state index >= 15 is 0 Å². The second-order valence-electron chi connectivity index (χ2n) is 5.01. The number of nitrogens with one attached hydrogen (secondary N) is 1. The lowest BCUT2D eigenvalue weighted by Crippen LogP contribution is -2.19. The van der Waals surface area contributed by atoms with E-state index in [9.17, 15) is 10.2 Å². The lowest BCUT2D eigenvalue weighted by Gasteiger charge is -2.17. The van der Waals surface area contributed by atoms with Gasteiger partial charge in [-0.1, -0.05) is 23.7 Å². The van der Waals surface area contributed by atoms with Crippen molar-refractivity contribution in [1.29, 1.82) is 0 Å². The molecule has 5 heteroatoms. The number of benzene rings is 1. The lowest BCUT2D eigenvalue weighted by molar-refractivity contribution is 0.278. The molecule has 0 aliphatic rings. The summed E-state index contributed by atoms with van der Waals surface area (Å²) in [5.41, 5.74) is 2.93. The van der Waals surface area contributed by atoms with E-state index in [1.807, 2.05) is 31.2 Å². The highest BCUT2D eigenvalue weighted by molar-refractivity contribution is 6.30. The average molecular weight is 307 g/mol. The van der Waals surface area contributed by atoms with E-state index in [4.69, 9.17) is 11.6 Å². The highest BCUT2D eigenvalue weighted by Gasteiger charge is 2.13. The molecule has 0 unspecified atom stereocenters. The van der Waals surface area contributed by atoms with E-state index < -0.39 is 0 Å². The fraction of sp³-hybridized carbons (Fsp3) is 0.312. The summed E-state index contributed by atoms with van der Waals surface area (Å²) in [6.07, 6.45) is 1.59. The molecular weight excluding hydrogens is 288 g/mol. The second-order valence-corrected chi connectivity index (χ2v) is 5.45. The van der Waals surface area contributed by atoms with Crippen LogP contribution < -0.4 is 5.32 Å². The predicted octanol–water partition coefficient (Wildman–Crippen LogP) is 3.09. The average Bonchev–Trinajstić information content (AvgIpc) is 2.48. The number of pyridine rings is 1. The maximum absolute atomic E-state index is 10.1. The van der Waals surface area contributed by atoms with Crippen LogP contribution in [0.2, 0.25) is 5.02 Å². The molecule has 0 saturated carbocycles. The molecule has 0 amide bonds. The van der Waals surface area contributed by atoms with Crippen molar-refractivity contribution in [2.75, 3.05) is 0 Å². The van der Waals surface area contributed by atoms with Crippen molar-refractivity contribution < 1.29 is 10.2 Å². The standard InChI is InChI=1S/C16H19ClN2O2/c1-10(12-4-3-5-14(17)6-12)19-8-15-13(9-20)7-18-11(2)16(15)21/h3-7,10,19-21H,8-9H2,1-2H3/t10-/m1/s1. The molecule has 2 aromatic rings. The number of halogens is 1. The van der Waals surface area contributed by atoms with E-state index in [0.29, 0.717) is 28.4 Å². The summed E-state index contributed by atoms with van der Waals surface area (Å²) in [6.45, 7) is 4.05. The molecule has 0 radical (unpaired) electrons. The molecule has 3 N–H and O–H groups in total. The molecule has 2 rings (SSSR count). The van der Waals surface area contributed by atoms with Crippen LogP contribution in [0.15, 0.2) is 30.5 Å². The van der Waals surface area contributed by atoms with Crippen LogP contribution in [0, 0.1) is 6.92 Å². The maximum Gasteiger partial charge on any atom is 0.141 e. The molecule has 21 heavy (non-hydrogen) atoms. The minimum atomic E-state index is -0.149. The fourth-order valence-corrected chi connectivity index (χ4v) is 2.37. The predicted molar refractivity (Wildman–Crippen MR) is 83.3 cm³/mol. The van der Waals surface area contributed by atoms with Gasteiger partial charge in [-0.25, -0.2) is 0 Å². The SMILES string of the molecule is Cc1ncc(CO)c(CN[C@H](C)c2cccc(Cl)c2)c1O. The molecule has 0 spiro atoms. The Morgan fingerprint density at radius 2 is 2.14 bits per heavy atom. The van der Waals surface area contributed by atoms with E-state index in [1.54, 1.807) is 13.1 Å². The molecule has 0 bridgehead atoms. The van der Waals surface area contributed by atoms with E-state index in [-0.39, 0.29) is 18.4 Å². The summed E-state index contributed by atoms with van der Waals surface area (Å²) in [7, 11) is 0. The highest BCUT2D eigenvalue weighted by Crippen LogP contribution is 2.25. The van der Waals surface area contributed by atoms with Crippen LogP contribution in [0.25, 0.3) is 0 Å². The van der Waals surface area contributed by atoms with Gasteiger partial charge in [0.05, 0.1) is 12.3 Å². The first kappa shape index (κ1) is 15.8. The Hall–Kier alpha value is -1.62. The van der Waals surface area contributed by atoms with Gasteiger partial charge in [-0.05, 0) is 31.5 Å². The van der Waals surface area contributed by atoms with Gasteiger partial charge in [-0.15, -0.1) is 0 Å². The van der Waals surface area contributed by atoms with Gasteiger partial charge in [0.1, 0.15) is 5.75 Å². The van der Waals surface area contributed by atoms with Gasteiger partial charge in [0.25, 0.3) is 0 Å². The summed E-state index contributed by atoms with van der Waals surface area (Å²) in [5.74, 6) is 0.132. The fourth-order valence-electron chi connectivity index (χ4n) is 2.17. The molecular formula is C16H19ClN2O2. The van der Waals surface area contributed by atoms with Crippen molar-refractivity contribution in [2.24, 2.45) is 0 Å². The van der Waals surface area contributed by atoms with Crippen LogP contribution in [-0.4, -0.2) is 15.2 Å². The smallest absolute Gasteiger partial charge is 0.141 e. The zero-order valence-corrected chi connectivity index (χ0v) is 12.9. The molecule has 0 fully saturated rings. The van der Waals surface area contributed by atoms with Gasteiger partial charge in [0.2, 0.25) is 0 Å². The van der Waals surface area contributed by atoms with Crippen LogP contribution in [0.1, 0.15) is 35.3 Å². The van der Waals surface area contributed by atoms with Gasteiger partial charge in [-0.3, -0.25) is 4.98 Å². The number of rotatable bonds is 5. The Morgan fingerprint density at radius 1 is 1.38 bits per heavy atom. The third-order valence-corrected chi connectivity index (χ3v) is 3.77. The Balaban J connectivity index is 2.14. The number of aromatic hydroxyl groups is 1. The Labute approximate surface area is 129 Å². The quantitative estimate of drug-likeness (QED) is 0.794. The molecule has 0 aliphatic carbocycles. The maximum atomic E-state index is 10.1. The monoisotopic (exact) mass is 306 g/mol. The highest BCUT2D eigenvalue weighted by atomic mass is 35.5. The molecule has 1 aromatic carbocycles. The van der Waals surface area contributed by atoms with Crippen molar-refractivity contribution in [3.63, 3.8) is 0 Å². The van der Waals surface area contributed by atoms with Crippen molar-refractivity contribution in [3.8, 4) is 5.75 Å². The molecule has 4 nitrogen and oxygen atoms in total. The number of aryl methyl sites for hydroxylation is 1. The molecule has 0 aliphatic heterocycles. The Bertz CT molecular complexity index is 632. The first-order valence-corrected chi connectivity index (χ1v) is 7.16. The first-order valence-electron chi connectivity index (χ1n) is 6.79. The third-order valence-electron chi connectivity index (χ3n) is 3.53. The zero-order chi connectivity index (χ0) is 15.4. The summed E-state index contributed by atoms with van der Waals surface area (Å²) >= 11 is 5.99. The summed E-state index contributed by atoms with van der Waals surface area (Å²) in [6, 6.07) is 7.71. The van der Waals surface area contributed by atoms with Crippen LogP contribution in [0.3, 0.4) is 0 Å². The Kier molecular flexibility index (Phi) is 5.17. The molecule has 1 heterocycles. The van der Waals surface area contributed by atoms with Gasteiger partial charge in [-0.2, -0.15) is 0 Å². The van der Waals surface area contributed by atoms with Crippen molar-refractivity contribution in [2.45, 2.75) is 33.0 Å². The Morgan fingerprint density at radius 3 is 2.81 bits per heavy atom. The normalized spacial score (nSPS) is 12.4. The summed E-state index contributed by atoms with van der Waals surface area (Å²) in [5, 5.41) is 23.5. The van der Waals surface area contributed by atoms with Crippen molar-refractivity contribution in [3.05, 3.63) is 57.9 Å². The van der Waals surface area contributed by atoms with Crippen LogP contribution in [-0.2, 0) is 13.2 Å². The lowest BCUT2D eigenvalue weighted by atomic mass is 10.1. The van der Waals surface area contributed by atoms with E-state index in [2.05, 4.69) is 10.3 Å². The summed E-state index contributed by atoms with van der Waals surface area (Å²) in [4.78, 5) is 4.05. The number of nitrogens with zero attached hydrogens (tertiary/aromatic N) is 1. The number of aliphatic hydroxyl groups excluding tert-OH is 1. The minimum absolute atomic E-state index is 0.0723. The van der Waals surface area contributed by atoms with Crippen LogP contribution >= 0.6 is 11.6 Å². The number of aliphatic hydroxyl groups is 1. The zero-order valence-electron chi connectivity index (χ0n) is 12.1. The van der Waals surface area contributed by atoms with Crippen molar-refractivity contribution >= 4 is 11.6 Å². The first-order chi connectivity index (χ1) is 10.0. The van der Waals surface area contributed by atoms with Crippen LogP contribution in [0.4, 0.5) is 0 Å². The molecule has 112 valence electrons. The van der Waals surface area contributed by atoms with Crippen molar-refractivity contribution in [1.82, 2.24) is 10.3 Å². The largest absolute Gasteiger partial charge is 0.506 e. The van der Waals surface area contributed by atoms with E-state index in [1.165, 1.54) is 0 Å². The molecule has 1 atom stereocenters. The van der Waals surface area contributed by atoms with Gasteiger partial charge in [0.15, 0.2) is 0 Å². The van der Waals surface area contributed by atoms with Crippen LogP contribution in [0.5, 0.6) is 5.75 Å². The topological polar surface area (TPSA) is 65.4 Å². The van der Waals surface area contributed by atoms with Gasteiger partial charge < -0.3 is 15.5 Å². The summed E-state index contributed by atoms with van der Waals surface area (Å²) < 4.78 is 0. The number of hydrogen-bond acceptors (Lipinski definition) is 4. The van der Waals surface area contributed by atoms with Gasteiger partial charge in [0, 0.05) is 34.9 Å². The third kappa shape index (κ3) is 3.73. The number of aromatic nitrogens is 1. The number of hydrogen-bond donors (Lipinski definition) is 3. The van der Waals surface area contributed by atoms with E-state index in [0.717, 1.165) is 5.56 Å². The minimum Gasteiger partial charge on any atom is -0.506 e. The molecule has 1 aromatic heterocycles.